The summed E-state index contributed by atoms with van der Waals surface area (Å²) in [5.74, 6) is 3.11. The summed E-state index contributed by atoms with van der Waals surface area (Å²) in [7, 11) is 1.52. The van der Waals surface area contributed by atoms with Gasteiger partial charge in [-0.1, -0.05) is 18.2 Å². The number of nitrogens with one attached hydrogen (secondary N) is 2. The minimum absolute atomic E-state index is 0.117. The van der Waals surface area contributed by atoms with Gasteiger partial charge in [0.25, 0.3) is 17.6 Å². The SMILES string of the molecule is C=NN(/C(=N\N)N1CCN(C(=O)C(=O)c2c[nH]c3c(-c4cc(C(=O)N(C)CCO)[nH]n4)ncc(F)c23)CC1)c1ccccc1. The highest BCUT2D eigenvalue weighted by atomic mass is 19.1. The van der Waals surface area contributed by atoms with Gasteiger partial charge in [-0.05, 0) is 18.2 Å². The Balaban J connectivity index is 1.32. The summed E-state index contributed by atoms with van der Waals surface area (Å²) in [4.78, 5) is 50.7. The number of H-pyrrole nitrogens is 2. The van der Waals surface area contributed by atoms with Crippen molar-refractivity contribution in [2.24, 2.45) is 16.0 Å². The van der Waals surface area contributed by atoms with E-state index in [1.807, 2.05) is 35.2 Å². The zero-order chi connectivity index (χ0) is 31.4. The number of guanidine groups is 1. The average molecular weight is 604 g/mol. The van der Waals surface area contributed by atoms with E-state index in [1.165, 1.54) is 34.1 Å². The number of aliphatic hydroxyl groups is 1. The fraction of sp³-hybridized carbons (Fsp3) is 0.250. The van der Waals surface area contributed by atoms with E-state index in [4.69, 9.17) is 10.9 Å². The van der Waals surface area contributed by atoms with E-state index in [-0.39, 0.29) is 59.8 Å². The molecule has 16 heteroatoms. The predicted molar refractivity (Wildman–Crippen MR) is 160 cm³/mol. The van der Waals surface area contributed by atoms with Gasteiger partial charge in [-0.25, -0.2) is 9.37 Å². The Morgan fingerprint density at radius 1 is 1.16 bits per heavy atom. The van der Waals surface area contributed by atoms with Gasteiger partial charge in [0.1, 0.15) is 17.1 Å². The second-order valence-corrected chi connectivity index (χ2v) is 9.85. The highest BCUT2D eigenvalue weighted by Crippen LogP contribution is 2.30. The molecule has 0 saturated carbocycles. The van der Waals surface area contributed by atoms with Crippen LogP contribution in [0.4, 0.5) is 10.1 Å². The molecular weight excluding hydrogens is 573 g/mol. The number of hydrazone groups is 2. The second-order valence-electron chi connectivity index (χ2n) is 9.85. The van der Waals surface area contributed by atoms with Crippen molar-refractivity contribution in [2.75, 3.05) is 51.4 Å². The molecule has 0 spiro atoms. The van der Waals surface area contributed by atoms with Crippen LogP contribution in [-0.4, -0.2) is 117 Å². The topological polar surface area (TPSA) is 192 Å². The van der Waals surface area contributed by atoms with Gasteiger partial charge in [-0.3, -0.25) is 19.5 Å². The number of para-hydroxylation sites is 1. The molecule has 44 heavy (non-hydrogen) atoms. The number of hydrogen-bond donors (Lipinski definition) is 4. The van der Waals surface area contributed by atoms with Gasteiger partial charge in [0.2, 0.25) is 5.96 Å². The number of pyridine rings is 1. The lowest BCUT2D eigenvalue weighted by molar-refractivity contribution is -0.127. The van der Waals surface area contributed by atoms with Crippen LogP contribution < -0.4 is 10.9 Å². The minimum Gasteiger partial charge on any atom is -0.395 e. The molecule has 1 aliphatic heterocycles. The van der Waals surface area contributed by atoms with Crippen LogP contribution in [0.2, 0.25) is 0 Å². The van der Waals surface area contributed by atoms with Crippen molar-refractivity contribution >= 4 is 46.9 Å². The van der Waals surface area contributed by atoms with Crippen molar-refractivity contribution in [2.45, 2.75) is 0 Å². The summed E-state index contributed by atoms with van der Waals surface area (Å²) >= 11 is 0. The van der Waals surface area contributed by atoms with E-state index in [0.29, 0.717) is 24.7 Å². The molecule has 0 unspecified atom stereocenters. The van der Waals surface area contributed by atoms with Gasteiger partial charge in [-0.2, -0.15) is 15.2 Å². The number of hydrogen-bond acceptors (Lipinski definition) is 9. The molecule has 1 saturated heterocycles. The van der Waals surface area contributed by atoms with Crippen molar-refractivity contribution in [3.63, 3.8) is 0 Å². The van der Waals surface area contributed by atoms with Gasteiger partial charge < -0.3 is 30.6 Å². The Morgan fingerprint density at radius 2 is 1.86 bits per heavy atom. The molecule has 1 aliphatic rings. The first kappa shape index (κ1) is 29.8. The van der Waals surface area contributed by atoms with Crippen molar-refractivity contribution in [1.82, 2.24) is 34.9 Å². The number of benzene rings is 1. The smallest absolute Gasteiger partial charge is 0.295 e. The number of anilines is 1. The number of aliphatic hydroxyl groups excluding tert-OH is 1. The number of carbonyl (C=O) groups excluding carboxylic acids is 3. The highest BCUT2D eigenvalue weighted by Gasteiger charge is 2.32. The number of rotatable bonds is 8. The first-order chi connectivity index (χ1) is 21.3. The molecule has 3 aromatic heterocycles. The lowest BCUT2D eigenvalue weighted by Crippen LogP contribution is -2.55. The molecule has 0 radical (unpaired) electrons. The number of likely N-dealkylation sites (N-methyl/N-ethyl adjacent to an activating group) is 1. The maximum atomic E-state index is 15.1. The summed E-state index contributed by atoms with van der Waals surface area (Å²) in [6, 6.07) is 10.6. The van der Waals surface area contributed by atoms with E-state index in [2.05, 4.69) is 37.1 Å². The Kier molecular flexibility index (Phi) is 8.61. The molecule has 15 nitrogen and oxygen atoms in total. The normalized spacial score (nSPS) is 13.7. The van der Waals surface area contributed by atoms with Gasteiger partial charge in [-0.15, -0.1) is 5.10 Å². The van der Waals surface area contributed by atoms with Gasteiger partial charge >= 0.3 is 0 Å². The number of nitrogens with zero attached hydrogens (tertiary/aromatic N) is 8. The molecule has 2 amide bonds. The standard InChI is InChI=1S/C28H30FN11O4/c1-31-40(17-6-4-3-5-7-17)28(34-30)39-10-8-38(9-11-39)27(44)25(42)18-15-32-24-22(18)19(29)16-33-23(24)20-14-21(36-35-20)26(43)37(2)12-13-41/h3-7,14-16,32,41H,1,8-13,30H2,2H3,(H,35,36)/b34-28-. The predicted octanol–water partition coefficient (Wildman–Crippen LogP) is 0.835. The zero-order valence-electron chi connectivity index (χ0n) is 23.8. The van der Waals surface area contributed by atoms with E-state index in [9.17, 15) is 14.4 Å². The lowest BCUT2D eigenvalue weighted by atomic mass is 10.1. The number of Topliss-reactive ketones (excluding diaryl/α,β-unsaturated/α-hetero) is 1. The largest absolute Gasteiger partial charge is 0.395 e. The average Bonchev–Trinajstić information content (AvgIpc) is 3.72. The Labute approximate surface area is 250 Å². The van der Waals surface area contributed by atoms with E-state index < -0.39 is 23.4 Å². The third-order valence-corrected chi connectivity index (χ3v) is 7.23. The van der Waals surface area contributed by atoms with Crippen molar-refractivity contribution in [1.29, 1.82) is 0 Å². The first-order valence-electron chi connectivity index (χ1n) is 13.5. The molecule has 1 fully saturated rings. The van der Waals surface area contributed by atoms with E-state index in [0.717, 1.165) is 6.20 Å². The van der Waals surface area contributed by atoms with E-state index >= 15 is 4.39 Å². The van der Waals surface area contributed by atoms with Crippen LogP contribution in [0.1, 0.15) is 20.8 Å². The van der Waals surface area contributed by atoms with Crippen molar-refractivity contribution in [3.05, 3.63) is 65.9 Å². The van der Waals surface area contributed by atoms with Crippen LogP contribution in [-0.2, 0) is 4.79 Å². The Morgan fingerprint density at radius 3 is 2.52 bits per heavy atom. The molecule has 5 N–H and O–H groups in total. The number of nitrogens with two attached hydrogens (primary N) is 1. The van der Waals surface area contributed by atoms with Crippen LogP contribution in [0.5, 0.6) is 0 Å². The number of piperazine rings is 1. The second kappa shape index (κ2) is 12.7. The minimum atomic E-state index is -0.893. The summed E-state index contributed by atoms with van der Waals surface area (Å²) in [6.45, 7) is 4.48. The number of aromatic amines is 2. The molecule has 0 aliphatic carbocycles. The van der Waals surface area contributed by atoms with Crippen molar-refractivity contribution < 1.29 is 23.9 Å². The van der Waals surface area contributed by atoms with Crippen molar-refractivity contribution in [3.8, 4) is 11.4 Å². The molecule has 4 heterocycles. The van der Waals surface area contributed by atoms with Crippen LogP contribution in [0, 0.1) is 5.82 Å². The van der Waals surface area contributed by atoms with Gasteiger partial charge in [0.15, 0.2) is 5.82 Å². The number of aromatic nitrogens is 4. The van der Waals surface area contributed by atoms with Crippen LogP contribution >= 0.6 is 0 Å². The Bertz CT molecular complexity index is 1730. The highest BCUT2D eigenvalue weighted by molar-refractivity contribution is 6.45. The third-order valence-electron chi connectivity index (χ3n) is 7.23. The molecule has 0 atom stereocenters. The number of amides is 2. The Hall–Kier alpha value is -5.64. The summed E-state index contributed by atoms with van der Waals surface area (Å²) in [6.07, 6.45) is 2.19. The summed E-state index contributed by atoms with van der Waals surface area (Å²) in [5, 5.41) is 25.1. The molecular formula is C28H30FN11O4. The quantitative estimate of drug-likeness (QED) is 0.0564. The monoisotopic (exact) mass is 603 g/mol. The first-order valence-corrected chi connectivity index (χ1v) is 13.5. The van der Waals surface area contributed by atoms with Crippen LogP contribution in [0.15, 0.2) is 59.0 Å². The van der Waals surface area contributed by atoms with Gasteiger partial charge in [0.05, 0.1) is 35.0 Å². The summed E-state index contributed by atoms with van der Waals surface area (Å²) in [5.41, 5.74) is 1.21. The molecule has 228 valence electrons. The third kappa shape index (κ3) is 5.57. The number of fused-ring (bicyclic) bond motifs is 1. The van der Waals surface area contributed by atoms with Crippen LogP contribution in [0.25, 0.3) is 22.3 Å². The fourth-order valence-electron chi connectivity index (χ4n) is 4.96. The summed E-state index contributed by atoms with van der Waals surface area (Å²) < 4.78 is 15.1. The zero-order valence-corrected chi connectivity index (χ0v) is 23.8. The van der Waals surface area contributed by atoms with Gasteiger partial charge in [0, 0.05) is 52.7 Å². The lowest BCUT2D eigenvalue weighted by Gasteiger charge is -2.37. The number of ketones is 1. The van der Waals surface area contributed by atoms with E-state index in [1.54, 1.807) is 0 Å². The molecule has 0 bridgehead atoms. The molecule has 5 rings (SSSR count). The molecule has 1 aromatic carbocycles. The molecule has 4 aromatic rings. The number of carbonyl (C=O) groups is 3. The fourth-order valence-corrected chi connectivity index (χ4v) is 4.96. The maximum absolute atomic E-state index is 15.1. The number of halogens is 1. The van der Waals surface area contributed by atoms with Crippen LogP contribution in [0.3, 0.4) is 0 Å². The maximum Gasteiger partial charge on any atom is 0.295 e.